The van der Waals surface area contributed by atoms with Crippen molar-refractivity contribution in [1.82, 2.24) is 5.32 Å². The summed E-state index contributed by atoms with van der Waals surface area (Å²) < 4.78 is 13.2. The molecule has 0 unspecified atom stereocenters. The predicted molar refractivity (Wildman–Crippen MR) is 54.0 cm³/mol. The first kappa shape index (κ1) is 11.1. The van der Waals surface area contributed by atoms with Crippen molar-refractivity contribution in [3.8, 4) is 0 Å². The maximum absolute atomic E-state index is 13.2. The SMILES string of the molecule is CNCC(=O)Cc1ccc(Cl)cc1F. The molecule has 0 aromatic heterocycles. The molecule has 0 aliphatic carbocycles. The second-order valence-corrected chi connectivity index (χ2v) is 3.42. The van der Waals surface area contributed by atoms with E-state index in [1.54, 1.807) is 13.1 Å². The molecule has 0 amide bonds. The number of hydrogen-bond acceptors (Lipinski definition) is 2. The van der Waals surface area contributed by atoms with Gasteiger partial charge in [0.2, 0.25) is 0 Å². The van der Waals surface area contributed by atoms with Gasteiger partial charge in [0, 0.05) is 11.4 Å². The average Bonchev–Trinajstić information content (AvgIpc) is 2.10. The number of ketones is 1. The van der Waals surface area contributed by atoms with Crippen molar-refractivity contribution in [2.24, 2.45) is 0 Å². The van der Waals surface area contributed by atoms with Gasteiger partial charge in [-0.05, 0) is 24.7 Å². The largest absolute Gasteiger partial charge is 0.313 e. The van der Waals surface area contributed by atoms with Crippen LogP contribution in [-0.4, -0.2) is 19.4 Å². The monoisotopic (exact) mass is 215 g/mol. The van der Waals surface area contributed by atoms with Crippen molar-refractivity contribution in [2.75, 3.05) is 13.6 Å². The van der Waals surface area contributed by atoms with E-state index in [0.29, 0.717) is 10.6 Å². The number of halogens is 2. The first-order valence-corrected chi connectivity index (χ1v) is 4.61. The van der Waals surface area contributed by atoms with Crippen molar-refractivity contribution in [2.45, 2.75) is 6.42 Å². The second-order valence-electron chi connectivity index (χ2n) is 2.98. The smallest absolute Gasteiger partial charge is 0.151 e. The molecular weight excluding hydrogens is 205 g/mol. The Balaban J connectivity index is 2.72. The number of carbonyl (C=O) groups excluding carboxylic acids is 1. The van der Waals surface area contributed by atoms with Crippen molar-refractivity contribution >= 4 is 17.4 Å². The number of nitrogens with one attached hydrogen (secondary N) is 1. The molecule has 4 heteroatoms. The van der Waals surface area contributed by atoms with Crippen LogP contribution in [0.15, 0.2) is 18.2 Å². The summed E-state index contributed by atoms with van der Waals surface area (Å²) in [5.41, 5.74) is 0.384. The van der Waals surface area contributed by atoms with Crippen LogP contribution in [0.4, 0.5) is 4.39 Å². The van der Waals surface area contributed by atoms with E-state index in [1.807, 2.05) is 0 Å². The molecule has 0 radical (unpaired) electrons. The third kappa shape index (κ3) is 3.09. The highest BCUT2D eigenvalue weighted by Crippen LogP contribution is 2.14. The van der Waals surface area contributed by atoms with Crippen LogP contribution >= 0.6 is 11.6 Å². The molecule has 1 rings (SSSR count). The topological polar surface area (TPSA) is 29.1 Å². The fraction of sp³-hybridized carbons (Fsp3) is 0.300. The molecule has 0 saturated heterocycles. The first-order valence-electron chi connectivity index (χ1n) is 4.23. The molecule has 76 valence electrons. The van der Waals surface area contributed by atoms with Gasteiger partial charge in [0.15, 0.2) is 5.78 Å². The van der Waals surface area contributed by atoms with Crippen LogP contribution in [-0.2, 0) is 11.2 Å². The van der Waals surface area contributed by atoms with Gasteiger partial charge in [0.1, 0.15) is 5.82 Å². The molecule has 0 aliphatic heterocycles. The number of Topliss-reactive ketones (excluding diaryl/α,β-unsaturated/α-hetero) is 1. The minimum atomic E-state index is -0.429. The summed E-state index contributed by atoms with van der Waals surface area (Å²) in [4.78, 5) is 11.2. The summed E-state index contributed by atoms with van der Waals surface area (Å²) in [6, 6.07) is 4.32. The average molecular weight is 216 g/mol. The molecule has 0 fully saturated rings. The highest BCUT2D eigenvalue weighted by molar-refractivity contribution is 6.30. The van der Waals surface area contributed by atoms with Crippen molar-refractivity contribution in [3.63, 3.8) is 0 Å². The fourth-order valence-electron chi connectivity index (χ4n) is 1.14. The van der Waals surface area contributed by atoms with Gasteiger partial charge in [0.05, 0.1) is 6.54 Å². The van der Waals surface area contributed by atoms with Gasteiger partial charge < -0.3 is 5.32 Å². The Bertz CT molecular complexity index is 341. The number of benzene rings is 1. The number of rotatable bonds is 4. The van der Waals surface area contributed by atoms with E-state index in [4.69, 9.17) is 11.6 Å². The molecule has 0 bridgehead atoms. The lowest BCUT2D eigenvalue weighted by Crippen LogP contribution is -2.20. The second kappa shape index (κ2) is 5.08. The van der Waals surface area contributed by atoms with Gasteiger partial charge in [-0.15, -0.1) is 0 Å². The molecule has 1 N–H and O–H groups in total. The molecule has 0 heterocycles. The Morgan fingerprint density at radius 3 is 2.86 bits per heavy atom. The van der Waals surface area contributed by atoms with Crippen LogP contribution in [0.1, 0.15) is 5.56 Å². The number of hydrogen-bond donors (Lipinski definition) is 1. The normalized spacial score (nSPS) is 10.2. The minimum Gasteiger partial charge on any atom is -0.313 e. The maximum atomic E-state index is 13.2. The van der Waals surface area contributed by atoms with Crippen LogP contribution in [0.2, 0.25) is 5.02 Å². The van der Waals surface area contributed by atoms with Crippen LogP contribution in [0.5, 0.6) is 0 Å². The molecule has 14 heavy (non-hydrogen) atoms. The third-order valence-corrected chi connectivity index (χ3v) is 2.01. The standard InChI is InChI=1S/C10H11ClFNO/c1-13-6-9(14)4-7-2-3-8(11)5-10(7)12/h2-3,5,13H,4,6H2,1H3. The van der Waals surface area contributed by atoms with Crippen molar-refractivity contribution in [1.29, 1.82) is 0 Å². The van der Waals surface area contributed by atoms with E-state index in [0.717, 1.165) is 0 Å². The Morgan fingerprint density at radius 2 is 2.29 bits per heavy atom. The zero-order chi connectivity index (χ0) is 10.6. The summed E-state index contributed by atoms with van der Waals surface area (Å²) in [7, 11) is 1.68. The lowest BCUT2D eigenvalue weighted by Gasteiger charge is -2.02. The van der Waals surface area contributed by atoms with Gasteiger partial charge in [0.25, 0.3) is 0 Å². The summed E-state index contributed by atoms with van der Waals surface area (Å²) in [5, 5.41) is 3.06. The van der Waals surface area contributed by atoms with E-state index in [2.05, 4.69) is 5.32 Å². The first-order chi connectivity index (χ1) is 6.63. The molecule has 1 aromatic rings. The molecule has 0 spiro atoms. The highest BCUT2D eigenvalue weighted by Gasteiger charge is 2.07. The zero-order valence-electron chi connectivity index (χ0n) is 7.81. The Labute approximate surface area is 87.1 Å². The molecule has 0 atom stereocenters. The van der Waals surface area contributed by atoms with Gasteiger partial charge in [-0.25, -0.2) is 4.39 Å². The Hall–Kier alpha value is -0.930. The van der Waals surface area contributed by atoms with Gasteiger partial charge in [-0.2, -0.15) is 0 Å². The van der Waals surface area contributed by atoms with Gasteiger partial charge in [-0.3, -0.25) is 4.79 Å². The van der Waals surface area contributed by atoms with Crippen LogP contribution < -0.4 is 5.32 Å². The van der Waals surface area contributed by atoms with Crippen LogP contribution in [0, 0.1) is 5.82 Å². The summed E-state index contributed by atoms with van der Waals surface area (Å²) in [6.45, 7) is 0.252. The van der Waals surface area contributed by atoms with Crippen LogP contribution in [0.3, 0.4) is 0 Å². The van der Waals surface area contributed by atoms with Gasteiger partial charge >= 0.3 is 0 Å². The lowest BCUT2D eigenvalue weighted by atomic mass is 10.1. The van der Waals surface area contributed by atoms with E-state index < -0.39 is 5.82 Å². The maximum Gasteiger partial charge on any atom is 0.151 e. The highest BCUT2D eigenvalue weighted by atomic mass is 35.5. The molecular formula is C10H11ClFNO. The number of carbonyl (C=O) groups is 1. The lowest BCUT2D eigenvalue weighted by molar-refractivity contribution is -0.117. The molecule has 1 aromatic carbocycles. The number of likely N-dealkylation sites (N-methyl/N-ethyl adjacent to an activating group) is 1. The molecule has 0 saturated carbocycles. The summed E-state index contributed by atoms with van der Waals surface area (Å²) in [5.74, 6) is -0.476. The van der Waals surface area contributed by atoms with Crippen molar-refractivity contribution < 1.29 is 9.18 Å². The van der Waals surface area contributed by atoms with E-state index in [9.17, 15) is 9.18 Å². The molecule has 2 nitrogen and oxygen atoms in total. The summed E-state index contributed by atoms with van der Waals surface area (Å²) in [6.07, 6.45) is 0.101. The molecule has 0 aliphatic rings. The van der Waals surface area contributed by atoms with Crippen molar-refractivity contribution in [3.05, 3.63) is 34.6 Å². The Kier molecular flexibility index (Phi) is 4.04. The minimum absolute atomic E-state index is 0.0475. The fourth-order valence-corrected chi connectivity index (χ4v) is 1.30. The predicted octanol–water partition coefficient (Wildman–Crippen LogP) is 1.81. The van der Waals surface area contributed by atoms with E-state index in [-0.39, 0.29) is 18.7 Å². The van der Waals surface area contributed by atoms with Gasteiger partial charge in [-0.1, -0.05) is 17.7 Å². The van der Waals surface area contributed by atoms with Crippen LogP contribution in [0.25, 0.3) is 0 Å². The van der Waals surface area contributed by atoms with E-state index in [1.165, 1.54) is 12.1 Å². The zero-order valence-corrected chi connectivity index (χ0v) is 8.57. The third-order valence-electron chi connectivity index (χ3n) is 1.78. The quantitative estimate of drug-likeness (QED) is 0.830. The summed E-state index contributed by atoms with van der Waals surface area (Å²) >= 11 is 5.58. The Morgan fingerprint density at radius 1 is 1.57 bits per heavy atom. The van der Waals surface area contributed by atoms with E-state index >= 15 is 0 Å².